The summed E-state index contributed by atoms with van der Waals surface area (Å²) in [5, 5.41) is 0.254. The Hall–Kier alpha value is -1.39. The number of nitrogens with zero attached hydrogens (tertiary/aromatic N) is 1. The van der Waals surface area contributed by atoms with E-state index in [-0.39, 0.29) is 5.01 Å². The first-order chi connectivity index (χ1) is 7.25. The highest BCUT2D eigenvalue weighted by molar-refractivity contribution is 7.17. The van der Waals surface area contributed by atoms with Crippen LogP contribution < -0.4 is 4.74 Å². The van der Waals surface area contributed by atoms with Crippen LogP contribution in [0.25, 0.3) is 0 Å². The van der Waals surface area contributed by atoms with Gasteiger partial charge in [0.25, 0.3) is 0 Å². The van der Waals surface area contributed by atoms with E-state index < -0.39 is 5.97 Å². The van der Waals surface area contributed by atoms with E-state index in [9.17, 15) is 4.79 Å². The van der Waals surface area contributed by atoms with Crippen molar-refractivity contribution in [3.05, 3.63) is 45.9 Å². The van der Waals surface area contributed by atoms with Gasteiger partial charge < -0.3 is 4.74 Å². The number of hydrogen-bond donors (Lipinski definition) is 0. The van der Waals surface area contributed by atoms with Gasteiger partial charge >= 0.3 is 5.97 Å². The quantitative estimate of drug-likeness (QED) is 0.597. The Morgan fingerprint density at radius 3 is 2.67 bits per heavy atom. The number of benzene rings is 1. The first-order valence-corrected chi connectivity index (χ1v) is 5.34. The number of thiazole rings is 1. The molecule has 0 N–H and O–H groups in total. The highest BCUT2D eigenvalue weighted by Crippen LogP contribution is 2.20. The predicted octanol–water partition coefficient (Wildman–Crippen LogP) is 3.02. The van der Waals surface area contributed by atoms with Crippen LogP contribution in [0.3, 0.4) is 0 Å². The number of hydrogen-bond acceptors (Lipinski definition) is 4. The van der Waals surface area contributed by atoms with Gasteiger partial charge in [-0.2, -0.15) is 0 Å². The SMILES string of the molecule is O=C(Oc1ccccc1)c1ncc(Cl)s1. The molecule has 1 heterocycles. The highest BCUT2D eigenvalue weighted by Gasteiger charge is 2.12. The van der Waals surface area contributed by atoms with Gasteiger partial charge in [-0.1, -0.05) is 41.1 Å². The van der Waals surface area contributed by atoms with Gasteiger partial charge in [0.05, 0.1) is 6.20 Å². The summed E-state index contributed by atoms with van der Waals surface area (Å²) in [6.45, 7) is 0. The van der Waals surface area contributed by atoms with Crippen molar-refractivity contribution in [3.8, 4) is 5.75 Å². The third kappa shape index (κ3) is 2.55. The lowest BCUT2D eigenvalue weighted by Crippen LogP contribution is -2.07. The van der Waals surface area contributed by atoms with Gasteiger partial charge in [0.2, 0.25) is 5.01 Å². The van der Waals surface area contributed by atoms with Crippen molar-refractivity contribution in [2.45, 2.75) is 0 Å². The van der Waals surface area contributed by atoms with Crippen molar-refractivity contribution in [2.75, 3.05) is 0 Å². The summed E-state index contributed by atoms with van der Waals surface area (Å²) in [4.78, 5) is 15.3. The summed E-state index contributed by atoms with van der Waals surface area (Å²) < 4.78 is 5.53. The zero-order valence-corrected chi connectivity index (χ0v) is 9.09. The second-order valence-electron chi connectivity index (χ2n) is 2.67. The van der Waals surface area contributed by atoms with Gasteiger partial charge in [-0.05, 0) is 12.1 Å². The number of carbonyl (C=O) groups excluding carboxylic acids is 1. The Kier molecular flexibility index (Phi) is 2.99. The summed E-state index contributed by atoms with van der Waals surface area (Å²) in [7, 11) is 0. The molecule has 0 aliphatic carbocycles. The molecule has 0 spiro atoms. The number of halogens is 1. The van der Waals surface area contributed by atoms with E-state index in [1.807, 2.05) is 6.07 Å². The first-order valence-electron chi connectivity index (χ1n) is 4.14. The molecule has 0 saturated carbocycles. The normalized spacial score (nSPS) is 9.93. The van der Waals surface area contributed by atoms with Gasteiger partial charge in [-0.15, -0.1) is 0 Å². The molecule has 5 heteroatoms. The van der Waals surface area contributed by atoms with E-state index in [4.69, 9.17) is 16.3 Å². The molecule has 0 unspecified atom stereocenters. The molecule has 2 rings (SSSR count). The fourth-order valence-electron chi connectivity index (χ4n) is 0.988. The van der Waals surface area contributed by atoms with Crippen LogP contribution in [0, 0.1) is 0 Å². The van der Waals surface area contributed by atoms with Crippen molar-refractivity contribution in [1.29, 1.82) is 0 Å². The largest absolute Gasteiger partial charge is 0.421 e. The summed E-state index contributed by atoms with van der Waals surface area (Å²) in [6, 6.07) is 8.83. The molecule has 3 nitrogen and oxygen atoms in total. The zero-order chi connectivity index (χ0) is 10.7. The maximum absolute atomic E-state index is 11.5. The minimum Gasteiger partial charge on any atom is -0.421 e. The molecule has 0 saturated heterocycles. The number of rotatable bonds is 2. The molecule has 0 radical (unpaired) electrons. The van der Waals surface area contributed by atoms with E-state index >= 15 is 0 Å². The van der Waals surface area contributed by atoms with Crippen LogP contribution >= 0.6 is 22.9 Å². The highest BCUT2D eigenvalue weighted by atomic mass is 35.5. The average Bonchev–Trinajstić information content (AvgIpc) is 2.66. The maximum atomic E-state index is 11.5. The summed E-state index contributed by atoms with van der Waals surface area (Å²) in [6.07, 6.45) is 1.42. The molecule has 0 bridgehead atoms. The Balaban J connectivity index is 2.11. The minimum atomic E-state index is -0.488. The number of esters is 1. The molecule has 0 aliphatic heterocycles. The Labute approximate surface area is 95.3 Å². The van der Waals surface area contributed by atoms with Crippen LogP contribution in [-0.2, 0) is 0 Å². The van der Waals surface area contributed by atoms with Crippen molar-refractivity contribution >= 4 is 28.9 Å². The Bertz CT molecular complexity index is 469. The Morgan fingerprint density at radius 1 is 1.33 bits per heavy atom. The lowest BCUT2D eigenvalue weighted by molar-refractivity contribution is 0.0734. The molecule has 0 aliphatic rings. The van der Waals surface area contributed by atoms with Crippen molar-refractivity contribution in [1.82, 2.24) is 4.98 Å². The zero-order valence-electron chi connectivity index (χ0n) is 7.51. The average molecular weight is 240 g/mol. The second kappa shape index (κ2) is 4.42. The van der Waals surface area contributed by atoms with Crippen molar-refractivity contribution in [2.24, 2.45) is 0 Å². The molecular weight excluding hydrogens is 234 g/mol. The fourth-order valence-corrected chi connectivity index (χ4v) is 1.78. The number of ether oxygens (including phenoxy) is 1. The predicted molar refractivity (Wildman–Crippen MR) is 58.5 cm³/mol. The molecule has 0 fully saturated rings. The van der Waals surface area contributed by atoms with Crippen LogP contribution in [0.1, 0.15) is 9.80 Å². The van der Waals surface area contributed by atoms with Gasteiger partial charge in [0.15, 0.2) is 0 Å². The summed E-state index contributed by atoms with van der Waals surface area (Å²) in [5.41, 5.74) is 0. The fraction of sp³-hybridized carbons (Fsp3) is 0. The van der Waals surface area contributed by atoms with Crippen LogP contribution in [0.15, 0.2) is 36.5 Å². The van der Waals surface area contributed by atoms with Gasteiger partial charge in [-0.25, -0.2) is 9.78 Å². The van der Waals surface area contributed by atoms with Gasteiger partial charge in [0, 0.05) is 0 Å². The summed E-state index contributed by atoms with van der Waals surface area (Å²) >= 11 is 6.75. The molecule has 1 aromatic heterocycles. The molecule has 2 aromatic rings. The lowest BCUT2D eigenvalue weighted by Gasteiger charge is -2.00. The first kappa shape index (κ1) is 10.1. The molecule has 0 atom stereocenters. The third-order valence-corrected chi connectivity index (χ3v) is 2.70. The third-order valence-electron chi connectivity index (χ3n) is 1.61. The monoisotopic (exact) mass is 239 g/mol. The smallest absolute Gasteiger partial charge is 0.372 e. The van der Waals surface area contributed by atoms with Crippen LogP contribution in [0.5, 0.6) is 5.75 Å². The number of carbonyl (C=O) groups is 1. The van der Waals surface area contributed by atoms with Crippen LogP contribution in [0.4, 0.5) is 0 Å². The van der Waals surface area contributed by atoms with Crippen molar-refractivity contribution in [3.63, 3.8) is 0 Å². The minimum absolute atomic E-state index is 0.254. The molecule has 76 valence electrons. The maximum Gasteiger partial charge on any atom is 0.372 e. The van der Waals surface area contributed by atoms with Crippen LogP contribution in [-0.4, -0.2) is 11.0 Å². The van der Waals surface area contributed by atoms with E-state index in [0.29, 0.717) is 10.1 Å². The number of para-hydroxylation sites is 1. The summed E-state index contributed by atoms with van der Waals surface area (Å²) in [5.74, 6) is 0.00641. The Morgan fingerprint density at radius 2 is 2.07 bits per heavy atom. The topological polar surface area (TPSA) is 39.2 Å². The molecule has 15 heavy (non-hydrogen) atoms. The van der Waals surface area contributed by atoms with Gasteiger partial charge in [0.1, 0.15) is 10.1 Å². The van der Waals surface area contributed by atoms with Crippen LogP contribution in [0.2, 0.25) is 4.34 Å². The van der Waals surface area contributed by atoms with Gasteiger partial charge in [-0.3, -0.25) is 0 Å². The molecular formula is C10H6ClNO2S. The second-order valence-corrected chi connectivity index (χ2v) is 4.33. The van der Waals surface area contributed by atoms with E-state index in [2.05, 4.69) is 4.98 Å². The molecule has 1 aromatic carbocycles. The lowest BCUT2D eigenvalue weighted by atomic mass is 10.3. The number of aromatic nitrogens is 1. The van der Waals surface area contributed by atoms with E-state index in [1.54, 1.807) is 24.3 Å². The van der Waals surface area contributed by atoms with Crippen molar-refractivity contribution < 1.29 is 9.53 Å². The molecule has 0 amide bonds. The standard InChI is InChI=1S/C10H6ClNO2S/c11-8-6-12-9(15-8)10(13)14-7-4-2-1-3-5-7/h1-6H. The van der Waals surface area contributed by atoms with E-state index in [1.165, 1.54) is 6.20 Å². The van der Waals surface area contributed by atoms with E-state index in [0.717, 1.165) is 11.3 Å².